The molecule has 198 valence electrons. The van der Waals surface area contributed by atoms with Crippen LogP contribution in [-0.2, 0) is 6.54 Å². The molecule has 0 amide bonds. The first-order valence-corrected chi connectivity index (χ1v) is 14.6. The zero-order valence-corrected chi connectivity index (χ0v) is 23.2. The fourth-order valence-electron chi connectivity index (χ4n) is 6.53. The third kappa shape index (κ3) is 6.77. The molecular weight excluding hydrogens is 444 g/mol. The predicted molar refractivity (Wildman–Crippen MR) is 146 cm³/mol. The first-order chi connectivity index (χ1) is 17.3. The van der Waals surface area contributed by atoms with Crippen LogP contribution in [0.5, 0.6) is 0 Å². The van der Waals surface area contributed by atoms with Crippen molar-refractivity contribution in [2.24, 2.45) is 11.3 Å². The maximum absolute atomic E-state index is 5.64. The van der Waals surface area contributed by atoms with Crippen LogP contribution in [-0.4, -0.2) is 51.7 Å². The maximum atomic E-state index is 5.64. The van der Waals surface area contributed by atoms with Crippen molar-refractivity contribution in [1.82, 2.24) is 19.9 Å². The Morgan fingerprint density at radius 3 is 2.19 bits per heavy atom. The fraction of sp³-hybridized carbons (Fsp3) is 0.742. The quantitative estimate of drug-likeness (QED) is 0.357. The number of likely N-dealkylation sites (tertiary alicyclic amines) is 2. The van der Waals surface area contributed by atoms with Gasteiger partial charge in [0.15, 0.2) is 5.82 Å². The summed E-state index contributed by atoms with van der Waals surface area (Å²) in [6, 6.07) is 10.9. The van der Waals surface area contributed by atoms with E-state index in [2.05, 4.69) is 73.0 Å². The SMILES string of the molecule is CC(C)(CCC(C)(C)N1CCC(c2nc(C3CC3)no2)CC1)CC1CCN(Cc2ccccc2)CC1. The highest BCUT2D eigenvalue weighted by atomic mass is 16.5. The van der Waals surface area contributed by atoms with Crippen LogP contribution in [0.3, 0.4) is 0 Å². The molecule has 5 nitrogen and oxygen atoms in total. The highest BCUT2D eigenvalue weighted by Gasteiger charge is 2.36. The standard InChI is InChI=1S/C31H48N4O/c1-30(2,22-24-12-18-34(19-13-24)23-25-8-6-5-7-9-25)16-17-31(3,4)35-20-14-27(15-21-35)29-32-28(33-36-29)26-10-11-26/h5-9,24,26-27H,10-23H2,1-4H3. The van der Waals surface area contributed by atoms with Crippen LogP contribution in [0, 0.1) is 11.3 Å². The smallest absolute Gasteiger partial charge is 0.229 e. The van der Waals surface area contributed by atoms with Crippen molar-refractivity contribution in [2.75, 3.05) is 26.2 Å². The molecular formula is C31H48N4O. The molecule has 5 heteroatoms. The van der Waals surface area contributed by atoms with Crippen LogP contribution in [0.1, 0.15) is 115 Å². The minimum Gasteiger partial charge on any atom is -0.339 e. The average Bonchev–Trinajstić information content (AvgIpc) is 3.61. The second-order valence-corrected chi connectivity index (χ2v) is 13.4. The van der Waals surface area contributed by atoms with Crippen LogP contribution in [0.15, 0.2) is 34.9 Å². The van der Waals surface area contributed by atoms with Gasteiger partial charge in [0.1, 0.15) is 0 Å². The summed E-state index contributed by atoms with van der Waals surface area (Å²) in [5.74, 6) is 3.75. The zero-order valence-electron chi connectivity index (χ0n) is 23.2. The van der Waals surface area contributed by atoms with Gasteiger partial charge in [-0.3, -0.25) is 9.80 Å². The number of benzene rings is 1. The first-order valence-electron chi connectivity index (χ1n) is 14.6. The Balaban J connectivity index is 1.03. The third-order valence-electron chi connectivity index (χ3n) is 9.31. The lowest BCUT2D eigenvalue weighted by atomic mass is 9.74. The van der Waals surface area contributed by atoms with Crippen LogP contribution in [0.4, 0.5) is 0 Å². The Labute approximate surface area is 219 Å². The zero-order chi connectivity index (χ0) is 25.2. The van der Waals surface area contributed by atoms with E-state index in [1.807, 2.05) is 0 Å². The second-order valence-electron chi connectivity index (χ2n) is 13.4. The van der Waals surface area contributed by atoms with E-state index in [1.165, 1.54) is 63.6 Å². The van der Waals surface area contributed by atoms with Gasteiger partial charge in [-0.15, -0.1) is 0 Å². The molecule has 1 aromatic heterocycles. The molecule has 0 atom stereocenters. The van der Waals surface area contributed by atoms with Crippen molar-refractivity contribution in [1.29, 1.82) is 0 Å². The van der Waals surface area contributed by atoms with E-state index in [0.717, 1.165) is 50.1 Å². The van der Waals surface area contributed by atoms with E-state index < -0.39 is 0 Å². The van der Waals surface area contributed by atoms with E-state index in [-0.39, 0.29) is 5.54 Å². The summed E-state index contributed by atoms with van der Waals surface area (Å²) < 4.78 is 5.64. The molecule has 1 saturated carbocycles. The second kappa shape index (κ2) is 10.9. The molecule has 3 aliphatic rings. The topological polar surface area (TPSA) is 45.4 Å². The summed E-state index contributed by atoms with van der Waals surface area (Å²) in [6.45, 7) is 15.8. The summed E-state index contributed by atoms with van der Waals surface area (Å²) in [6.07, 6.45) is 11.4. The normalized spacial score (nSPS) is 21.8. The van der Waals surface area contributed by atoms with E-state index in [1.54, 1.807) is 0 Å². The molecule has 3 fully saturated rings. The van der Waals surface area contributed by atoms with Crippen molar-refractivity contribution >= 4 is 0 Å². The molecule has 2 aliphatic heterocycles. The average molecular weight is 493 g/mol. The Morgan fingerprint density at radius 2 is 1.53 bits per heavy atom. The maximum Gasteiger partial charge on any atom is 0.229 e. The van der Waals surface area contributed by atoms with Gasteiger partial charge in [0, 0.05) is 23.9 Å². The lowest BCUT2D eigenvalue weighted by Gasteiger charge is -2.44. The summed E-state index contributed by atoms with van der Waals surface area (Å²) in [5, 5.41) is 4.25. The number of aromatic nitrogens is 2. The van der Waals surface area contributed by atoms with E-state index >= 15 is 0 Å². The minimum absolute atomic E-state index is 0.245. The first kappa shape index (κ1) is 25.9. The van der Waals surface area contributed by atoms with Gasteiger partial charge < -0.3 is 4.52 Å². The number of hydrogen-bond acceptors (Lipinski definition) is 5. The molecule has 0 spiro atoms. The molecule has 0 unspecified atom stereocenters. The van der Waals surface area contributed by atoms with Crippen LogP contribution < -0.4 is 0 Å². The molecule has 3 heterocycles. The number of nitrogens with zero attached hydrogens (tertiary/aromatic N) is 4. The van der Waals surface area contributed by atoms with Gasteiger partial charge in [-0.05, 0) is 115 Å². The monoisotopic (exact) mass is 492 g/mol. The van der Waals surface area contributed by atoms with E-state index in [4.69, 9.17) is 9.51 Å². The van der Waals surface area contributed by atoms with Crippen molar-refractivity contribution in [3.63, 3.8) is 0 Å². The highest BCUT2D eigenvalue weighted by molar-refractivity contribution is 5.14. The van der Waals surface area contributed by atoms with Crippen LogP contribution in [0.2, 0.25) is 0 Å². The molecule has 0 radical (unpaired) electrons. The van der Waals surface area contributed by atoms with Gasteiger partial charge in [0.05, 0.1) is 0 Å². The molecule has 2 aromatic rings. The molecule has 1 aliphatic carbocycles. The van der Waals surface area contributed by atoms with Crippen LogP contribution in [0.25, 0.3) is 0 Å². The minimum atomic E-state index is 0.245. The lowest BCUT2D eigenvalue weighted by molar-refractivity contribution is 0.0597. The molecule has 0 N–H and O–H groups in total. The van der Waals surface area contributed by atoms with Crippen molar-refractivity contribution < 1.29 is 4.52 Å². The highest BCUT2D eigenvalue weighted by Crippen LogP contribution is 2.41. The van der Waals surface area contributed by atoms with Gasteiger partial charge in [-0.1, -0.05) is 49.3 Å². The number of piperidine rings is 2. The summed E-state index contributed by atoms with van der Waals surface area (Å²) in [7, 11) is 0. The molecule has 5 rings (SSSR count). The summed E-state index contributed by atoms with van der Waals surface area (Å²) in [5.41, 5.74) is 2.10. The van der Waals surface area contributed by atoms with Crippen molar-refractivity contribution in [2.45, 2.75) is 109 Å². The third-order valence-corrected chi connectivity index (χ3v) is 9.31. The predicted octanol–water partition coefficient (Wildman–Crippen LogP) is 7.01. The van der Waals surface area contributed by atoms with Gasteiger partial charge in [0.2, 0.25) is 5.89 Å². The Morgan fingerprint density at radius 1 is 0.833 bits per heavy atom. The molecule has 1 aromatic carbocycles. The molecule has 2 saturated heterocycles. The van der Waals surface area contributed by atoms with E-state index in [9.17, 15) is 0 Å². The number of hydrogen-bond donors (Lipinski definition) is 0. The van der Waals surface area contributed by atoms with Gasteiger partial charge >= 0.3 is 0 Å². The molecule has 0 bridgehead atoms. The Bertz CT molecular complexity index is 948. The molecule has 36 heavy (non-hydrogen) atoms. The summed E-state index contributed by atoms with van der Waals surface area (Å²) >= 11 is 0. The van der Waals surface area contributed by atoms with Crippen LogP contribution >= 0.6 is 0 Å². The van der Waals surface area contributed by atoms with Crippen molar-refractivity contribution in [3.8, 4) is 0 Å². The van der Waals surface area contributed by atoms with Gasteiger partial charge in [-0.25, -0.2) is 0 Å². The summed E-state index contributed by atoms with van der Waals surface area (Å²) in [4.78, 5) is 10.1. The lowest BCUT2D eigenvalue weighted by Crippen LogP contribution is -2.48. The van der Waals surface area contributed by atoms with E-state index in [0.29, 0.717) is 17.3 Å². The Kier molecular flexibility index (Phi) is 7.88. The largest absolute Gasteiger partial charge is 0.339 e. The van der Waals surface area contributed by atoms with Gasteiger partial charge in [0.25, 0.3) is 0 Å². The van der Waals surface area contributed by atoms with Gasteiger partial charge in [-0.2, -0.15) is 4.98 Å². The Hall–Kier alpha value is -1.72. The van der Waals surface area contributed by atoms with Crippen molar-refractivity contribution in [3.05, 3.63) is 47.6 Å². The number of rotatable bonds is 10. The fourth-order valence-corrected chi connectivity index (χ4v) is 6.53.